The molecule has 1 aliphatic rings. The van der Waals surface area contributed by atoms with Gasteiger partial charge in [0.25, 0.3) is 0 Å². The van der Waals surface area contributed by atoms with Gasteiger partial charge in [-0.05, 0) is 67.6 Å². The molecule has 0 radical (unpaired) electrons. The first-order chi connectivity index (χ1) is 15.3. The summed E-state index contributed by atoms with van der Waals surface area (Å²) in [5, 5.41) is 4.42. The summed E-state index contributed by atoms with van der Waals surface area (Å²) in [6.45, 7) is 7.38. The van der Waals surface area contributed by atoms with Crippen molar-refractivity contribution in [2.45, 2.75) is 39.2 Å². The van der Waals surface area contributed by atoms with E-state index in [0.717, 1.165) is 12.8 Å². The zero-order valence-corrected chi connectivity index (χ0v) is 19.9. The van der Waals surface area contributed by atoms with Crippen LogP contribution in [0.15, 0.2) is 41.3 Å². The minimum atomic E-state index is -0.642. The molecule has 1 aliphatic heterocycles. The van der Waals surface area contributed by atoms with Crippen molar-refractivity contribution < 1.29 is 19.0 Å². The van der Waals surface area contributed by atoms with Crippen LogP contribution < -0.4 is 9.64 Å². The van der Waals surface area contributed by atoms with Gasteiger partial charge in [0.15, 0.2) is 5.65 Å². The first-order valence-corrected chi connectivity index (χ1v) is 11.3. The van der Waals surface area contributed by atoms with Crippen molar-refractivity contribution in [2.24, 2.45) is 5.92 Å². The Morgan fingerprint density at radius 2 is 2.09 bits per heavy atom. The number of amides is 1. The number of nitrogens with zero attached hydrogens (tertiary/aromatic N) is 5. The highest BCUT2D eigenvalue weighted by atomic mass is 79.9. The van der Waals surface area contributed by atoms with Crippen LogP contribution in [-0.4, -0.2) is 51.0 Å². The van der Waals surface area contributed by atoms with Crippen LogP contribution in [-0.2, 0) is 9.47 Å². The fourth-order valence-electron chi connectivity index (χ4n) is 3.44. The fraction of sp³-hybridized carbons (Fsp3) is 0.455. The maximum absolute atomic E-state index is 13.3. The van der Waals surface area contributed by atoms with Crippen LogP contribution in [0.5, 0.6) is 11.6 Å². The van der Waals surface area contributed by atoms with Crippen LogP contribution in [0, 0.1) is 5.92 Å². The van der Waals surface area contributed by atoms with Gasteiger partial charge in [0.1, 0.15) is 17.2 Å². The number of fused-ring (bicyclic) bond motifs is 1. The minimum absolute atomic E-state index is 0.279. The smallest absolute Gasteiger partial charge is 0.416 e. The molecule has 0 atom stereocenters. The zero-order valence-electron chi connectivity index (χ0n) is 18.3. The van der Waals surface area contributed by atoms with Gasteiger partial charge in [0, 0.05) is 32.0 Å². The lowest BCUT2D eigenvalue weighted by atomic mass is 10.00. The minimum Gasteiger partial charge on any atom is -0.443 e. The number of halogens is 1. The molecule has 3 aromatic heterocycles. The summed E-state index contributed by atoms with van der Waals surface area (Å²) in [6.07, 6.45) is 6.20. The van der Waals surface area contributed by atoms with E-state index in [1.54, 1.807) is 46.2 Å². The van der Waals surface area contributed by atoms with Crippen LogP contribution in [0.2, 0.25) is 0 Å². The predicted octanol–water partition coefficient (Wildman–Crippen LogP) is 4.85. The van der Waals surface area contributed by atoms with E-state index in [4.69, 9.17) is 14.2 Å². The number of anilines is 1. The number of hydrogen-bond donors (Lipinski definition) is 0. The summed E-state index contributed by atoms with van der Waals surface area (Å²) in [7, 11) is 0. The van der Waals surface area contributed by atoms with E-state index in [0.29, 0.717) is 47.3 Å². The Labute approximate surface area is 194 Å². The zero-order chi connectivity index (χ0) is 22.7. The van der Waals surface area contributed by atoms with E-state index >= 15 is 0 Å². The summed E-state index contributed by atoms with van der Waals surface area (Å²) in [4.78, 5) is 23.6. The Hall–Kier alpha value is -2.72. The van der Waals surface area contributed by atoms with Crippen LogP contribution in [0.4, 0.5) is 10.6 Å². The number of aromatic nitrogens is 4. The molecule has 0 saturated carbocycles. The quantitative estimate of drug-likeness (QED) is 0.491. The second-order valence-corrected chi connectivity index (χ2v) is 9.47. The summed E-state index contributed by atoms with van der Waals surface area (Å²) in [5.41, 5.74) is -0.112. The summed E-state index contributed by atoms with van der Waals surface area (Å²) >= 11 is 3.49. The number of hydrogen-bond acceptors (Lipinski definition) is 7. The van der Waals surface area contributed by atoms with Gasteiger partial charge in [-0.25, -0.2) is 4.79 Å². The predicted molar refractivity (Wildman–Crippen MR) is 122 cm³/mol. The van der Waals surface area contributed by atoms with E-state index in [1.807, 2.05) is 20.8 Å². The van der Waals surface area contributed by atoms with Gasteiger partial charge < -0.3 is 14.2 Å². The van der Waals surface area contributed by atoms with Gasteiger partial charge in [0.2, 0.25) is 5.88 Å². The number of carbonyl (C=O) groups excluding carboxylic acids is 1. The van der Waals surface area contributed by atoms with E-state index in [-0.39, 0.29) is 5.92 Å². The second-order valence-electron chi connectivity index (χ2n) is 8.62. The molecule has 1 saturated heterocycles. The molecule has 170 valence electrons. The van der Waals surface area contributed by atoms with Crippen LogP contribution in [0.25, 0.3) is 5.65 Å². The Morgan fingerprint density at radius 3 is 2.78 bits per heavy atom. The van der Waals surface area contributed by atoms with Gasteiger partial charge in [-0.3, -0.25) is 9.88 Å². The number of carbonyl (C=O) groups is 1. The lowest BCUT2D eigenvalue weighted by molar-refractivity contribution is 0.0512. The van der Waals surface area contributed by atoms with Crippen molar-refractivity contribution in [3.63, 3.8) is 0 Å². The van der Waals surface area contributed by atoms with Gasteiger partial charge in [-0.15, -0.1) is 0 Å². The highest BCUT2D eigenvalue weighted by molar-refractivity contribution is 9.10. The number of pyridine rings is 1. The Morgan fingerprint density at radius 1 is 1.31 bits per heavy atom. The van der Waals surface area contributed by atoms with Gasteiger partial charge in [0.05, 0.1) is 16.9 Å². The molecule has 4 rings (SSSR count). The molecule has 0 aromatic carbocycles. The largest absolute Gasteiger partial charge is 0.443 e. The van der Waals surface area contributed by atoms with Gasteiger partial charge in [-0.1, -0.05) is 0 Å². The Balaban J connectivity index is 1.76. The van der Waals surface area contributed by atoms with Crippen molar-refractivity contribution in [3.8, 4) is 11.6 Å². The number of ether oxygens (including phenoxy) is 3. The third kappa shape index (κ3) is 5.36. The van der Waals surface area contributed by atoms with Crippen molar-refractivity contribution in [1.82, 2.24) is 19.6 Å². The molecule has 3 aromatic rings. The van der Waals surface area contributed by atoms with E-state index in [2.05, 4.69) is 31.0 Å². The summed E-state index contributed by atoms with van der Waals surface area (Å²) in [6, 6.07) is 5.27. The molecule has 0 spiro atoms. The van der Waals surface area contributed by atoms with Gasteiger partial charge in [-0.2, -0.15) is 14.6 Å². The first-order valence-electron chi connectivity index (χ1n) is 10.5. The SMILES string of the molecule is CC(C)(C)OC(=O)N(CC1CCOCC1)c1cc(Oc2cccnc2)nc2c(Br)cnn12. The third-order valence-corrected chi connectivity index (χ3v) is 5.47. The number of rotatable bonds is 5. The molecule has 0 N–H and O–H groups in total. The third-order valence-electron chi connectivity index (χ3n) is 4.92. The summed E-state index contributed by atoms with van der Waals surface area (Å²) < 4.78 is 19.5. The molecule has 1 fully saturated rings. The Bertz CT molecular complexity index is 1080. The molecule has 0 aliphatic carbocycles. The Kier molecular flexibility index (Phi) is 6.61. The van der Waals surface area contributed by atoms with Crippen molar-refractivity contribution >= 4 is 33.5 Å². The van der Waals surface area contributed by atoms with E-state index in [1.165, 1.54) is 0 Å². The topological polar surface area (TPSA) is 91.1 Å². The molecular weight excluding hydrogens is 478 g/mol. The lowest BCUT2D eigenvalue weighted by Crippen LogP contribution is -2.41. The van der Waals surface area contributed by atoms with Crippen LogP contribution >= 0.6 is 15.9 Å². The molecule has 10 heteroatoms. The normalized spacial score (nSPS) is 15.0. The van der Waals surface area contributed by atoms with E-state index in [9.17, 15) is 4.79 Å². The maximum atomic E-state index is 13.3. The molecule has 4 heterocycles. The van der Waals surface area contributed by atoms with Crippen molar-refractivity contribution in [2.75, 3.05) is 24.7 Å². The highest BCUT2D eigenvalue weighted by Gasteiger charge is 2.30. The summed E-state index contributed by atoms with van der Waals surface area (Å²) in [5.74, 6) is 1.66. The average Bonchev–Trinajstić information content (AvgIpc) is 3.13. The molecule has 0 unspecified atom stereocenters. The van der Waals surface area contributed by atoms with Crippen molar-refractivity contribution in [1.29, 1.82) is 0 Å². The fourth-order valence-corrected chi connectivity index (χ4v) is 3.79. The first kappa shape index (κ1) is 22.5. The second kappa shape index (κ2) is 9.41. The monoisotopic (exact) mass is 503 g/mol. The lowest BCUT2D eigenvalue weighted by Gasteiger charge is -2.31. The van der Waals surface area contributed by atoms with Crippen LogP contribution in [0.1, 0.15) is 33.6 Å². The molecule has 1 amide bonds. The molecular formula is C22H26BrN5O4. The van der Waals surface area contributed by atoms with Crippen molar-refractivity contribution in [3.05, 3.63) is 41.3 Å². The van der Waals surface area contributed by atoms with Crippen LogP contribution in [0.3, 0.4) is 0 Å². The van der Waals surface area contributed by atoms with E-state index < -0.39 is 11.7 Å². The molecule has 32 heavy (non-hydrogen) atoms. The highest BCUT2D eigenvalue weighted by Crippen LogP contribution is 2.30. The maximum Gasteiger partial charge on any atom is 0.416 e. The molecule has 0 bridgehead atoms. The van der Waals surface area contributed by atoms with Gasteiger partial charge >= 0.3 is 6.09 Å². The molecule has 9 nitrogen and oxygen atoms in total. The average molecular weight is 504 g/mol. The standard InChI is InChI=1S/C22H26BrN5O4/c1-22(2,3)32-21(29)27(14-15-6-9-30-10-7-15)19-11-18(31-16-5-4-8-24-12-16)26-20-17(23)13-25-28(19)20/h4-5,8,11-13,15H,6-7,9-10,14H2,1-3H3.